The van der Waals surface area contributed by atoms with Gasteiger partial charge in [0.15, 0.2) is 0 Å². The zero-order valence-corrected chi connectivity index (χ0v) is 14.6. The van der Waals surface area contributed by atoms with Crippen molar-refractivity contribution >= 4 is 6.09 Å². The Kier molecular flexibility index (Phi) is 6.09. The van der Waals surface area contributed by atoms with Gasteiger partial charge in [-0.25, -0.2) is 4.79 Å². The quantitative estimate of drug-likeness (QED) is 0.867. The molecule has 0 aromatic carbocycles. The van der Waals surface area contributed by atoms with Crippen LogP contribution in [0.5, 0.6) is 0 Å². The summed E-state index contributed by atoms with van der Waals surface area (Å²) in [7, 11) is 1.79. The smallest absolute Gasteiger partial charge is 0.410 e. The Balaban J connectivity index is 1.83. The second-order valence-electron chi connectivity index (χ2n) is 7.60. The largest absolute Gasteiger partial charge is 0.444 e. The van der Waals surface area contributed by atoms with Crippen LogP contribution in [0.4, 0.5) is 4.79 Å². The third-order valence-electron chi connectivity index (χ3n) is 4.62. The Morgan fingerprint density at radius 2 is 2.00 bits per heavy atom. The molecule has 0 spiro atoms. The van der Waals surface area contributed by atoms with E-state index < -0.39 is 5.60 Å². The molecule has 2 fully saturated rings. The van der Waals surface area contributed by atoms with Gasteiger partial charge >= 0.3 is 6.09 Å². The van der Waals surface area contributed by atoms with Gasteiger partial charge < -0.3 is 19.7 Å². The van der Waals surface area contributed by atoms with E-state index in [9.17, 15) is 4.79 Å². The number of hydrogen-bond donors (Lipinski definition) is 1. The van der Waals surface area contributed by atoms with E-state index in [0.29, 0.717) is 12.1 Å². The topological polar surface area (TPSA) is 50.8 Å². The van der Waals surface area contributed by atoms with Crippen LogP contribution in [-0.4, -0.2) is 55.0 Å². The molecule has 22 heavy (non-hydrogen) atoms. The molecule has 1 saturated heterocycles. The highest BCUT2D eigenvalue weighted by Gasteiger charge is 2.31. The number of nitrogens with zero attached hydrogens (tertiary/aromatic N) is 1. The van der Waals surface area contributed by atoms with Crippen molar-refractivity contribution in [2.24, 2.45) is 0 Å². The van der Waals surface area contributed by atoms with Crippen LogP contribution in [0.25, 0.3) is 0 Å². The zero-order valence-electron chi connectivity index (χ0n) is 14.6. The number of hydrogen-bond acceptors (Lipinski definition) is 4. The summed E-state index contributed by atoms with van der Waals surface area (Å²) in [5.74, 6) is 0. The fourth-order valence-electron chi connectivity index (χ4n) is 3.42. The first-order valence-corrected chi connectivity index (χ1v) is 8.65. The van der Waals surface area contributed by atoms with Gasteiger partial charge in [0, 0.05) is 32.3 Å². The van der Waals surface area contributed by atoms with Gasteiger partial charge in [0.1, 0.15) is 5.60 Å². The Hall–Kier alpha value is -0.810. The fourth-order valence-corrected chi connectivity index (χ4v) is 3.42. The van der Waals surface area contributed by atoms with Crippen molar-refractivity contribution < 1.29 is 14.3 Å². The van der Waals surface area contributed by atoms with E-state index in [1.165, 1.54) is 6.42 Å². The van der Waals surface area contributed by atoms with E-state index in [2.05, 4.69) is 5.32 Å². The van der Waals surface area contributed by atoms with Crippen LogP contribution in [0, 0.1) is 0 Å². The van der Waals surface area contributed by atoms with Crippen molar-refractivity contribution in [1.82, 2.24) is 10.2 Å². The first-order valence-electron chi connectivity index (χ1n) is 8.65. The summed E-state index contributed by atoms with van der Waals surface area (Å²) < 4.78 is 11.0. The molecule has 1 heterocycles. The van der Waals surface area contributed by atoms with Crippen LogP contribution in [0.15, 0.2) is 0 Å². The van der Waals surface area contributed by atoms with Crippen molar-refractivity contribution in [1.29, 1.82) is 0 Å². The third-order valence-corrected chi connectivity index (χ3v) is 4.62. The molecule has 1 aliphatic carbocycles. The minimum Gasteiger partial charge on any atom is -0.444 e. The molecule has 0 aromatic rings. The summed E-state index contributed by atoms with van der Waals surface area (Å²) in [6.45, 7) is 7.44. The molecule has 1 amide bonds. The SMILES string of the molecule is COC1CCC(NCC2CCCCN2C(=O)OC(C)(C)C)C1. The highest BCUT2D eigenvalue weighted by atomic mass is 16.6. The monoisotopic (exact) mass is 312 g/mol. The molecule has 0 radical (unpaired) electrons. The normalized spacial score (nSPS) is 29.6. The molecular weight excluding hydrogens is 280 g/mol. The van der Waals surface area contributed by atoms with Crippen LogP contribution in [0.3, 0.4) is 0 Å². The number of likely N-dealkylation sites (tertiary alicyclic amines) is 1. The molecule has 5 heteroatoms. The summed E-state index contributed by atoms with van der Waals surface area (Å²) in [6.07, 6.45) is 6.93. The van der Waals surface area contributed by atoms with Crippen molar-refractivity contribution in [3.8, 4) is 0 Å². The van der Waals surface area contributed by atoms with Crippen LogP contribution in [0.1, 0.15) is 59.3 Å². The van der Waals surface area contributed by atoms with Gasteiger partial charge in [0.2, 0.25) is 0 Å². The predicted molar refractivity (Wildman–Crippen MR) is 87.0 cm³/mol. The molecule has 1 aliphatic heterocycles. The lowest BCUT2D eigenvalue weighted by Crippen LogP contribution is -2.51. The van der Waals surface area contributed by atoms with Gasteiger partial charge in [-0.15, -0.1) is 0 Å². The summed E-state index contributed by atoms with van der Waals surface area (Å²) >= 11 is 0. The van der Waals surface area contributed by atoms with Crippen molar-refractivity contribution in [2.75, 3.05) is 20.2 Å². The lowest BCUT2D eigenvalue weighted by Gasteiger charge is -2.37. The number of methoxy groups -OCH3 is 1. The molecule has 1 saturated carbocycles. The van der Waals surface area contributed by atoms with E-state index >= 15 is 0 Å². The lowest BCUT2D eigenvalue weighted by atomic mass is 10.0. The highest BCUT2D eigenvalue weighted by Crippen LogP contribution is 2.23. The van der Waals surface area contributed by atoms with Crippen molar-refractivity contribution in [3.63, 3.8) is 0 Å². The van der Waals surface area contributed by atoms with Crippen LogP contribution in [-0.2, 0) is 9.47 Å². The molecular formula is C17H32N2O3. The molecule has 0 aromatic heterocycles. The summed E-state index contributed by atoms with van der Waals surface area (Å²) in [5, 5.41) is 3.63. The number of carbonyl (C=O) groups excluding carboxylic acids is 1. The van der Waals surface area contributed by atoms with Crippen LogP contribution >= 0.6 is 0 Å². The molecule has 3 unspecified atom stereocenters. The number of carbonyl (C=O) groups is 1. The lowest BCUT2D eigenvalue weighted by molar-refractivity contribution is 0.00958. The van der Waals surface area contributed by atoms with Crippen LogP contribution < -0.4 is 5.32 Å². The van der Waals surface area contributed by atoms with Gasteiger partial charge in [0.25, 0.3) is 0 Å². The average molecular weight is 312 g/mol. The number of rotatable bonds is 4. The fraction of sp³-hybridized carbons (Fsp3) is 0.941. The van der Waals surface area contributed by atoms with Gasteiger partial charge in [-0.2, -0.15) is 0 Å². The maximum atomic E-state index is 12.4. The number of ether oxygens (including phenoxy) is 2. The molecule has 2 rings (SSSR count). The first kappa shape index (κ1) is 17.5. The average Bonchev–Trinajstić information content (AvgIpc) is 2.91. The second kappa shape index (κ2) is 7.64. The molecule has 3 atom stereocenters. The van der Waals surface area contributed by atoms with E-state index in [4.69, 9.17) is 9.47 Å². The minimum absolute atomic E-state index is 0.166. The second-order valence-corrected chi connectivity index (χ2v) is 7.60. The van der Waals surface area contributed by atoms with E-state index in [-0.39, 0.29) is 12.1 Å². The van der Waals surface area contributed by atoms with E-state index in [0.717, 1.165) is 45.2 Å². The molecule has 128 valence electrons. The summed E-state index contributed by atoms with van der Waals surface area (Å²) in [6, 6.07) is 0.776. The Morgan fingerprint density at radius 1 is 1.23 bits per heavy atom. The predicted octanol–water partition coefficient (Wildman–Crippen LogP) is 2.93. The van der Waals surface area contributed by atoms with Crippen molar-refractivity contribution in [3.05, 3.63) is 0 Å². The molecule has 5 nitrogen and oxygen atoms in total. The Labute approximate surface area is 134 Å². The standard InChI is InChI=1S/C17H32N2O3/c1-17(2,3)22-16(20)19-10-6-5-7-14(19)12-18-13-8-9-15(11-13)21-4/h13-15,18H,5-12H2,1-4H3. The first-order chi connectivity index (χ1) is 10.4. The Morgan fingerprint density at radius 3 is 2.64 bits per heavy atom. The van der Waals surface area contributed by atoms with Crippen LogP contribution in [0.2, 0.25) is 0 Å². The van der Waals surface area contributed by atoms with E-state index in [1.807, 2.05) is 25.7 Å². The Bertz CT molecular complexity index is 367. The zero-order chi connectivity index (χ0) is 16.2. The maximum Gasteiger partial charge on any atom is 0.410 e. The third kappa shape index (κ3) is 5.13. The summed E-state index contributed by atoms with van der Waals surface area (Å²) in [5.41, 5.74) is -0.427. The van der Waals surface area contributed by atoms with Gasteiger partial charge in [-0.1, -0.05) is 0 Å². The van der Waals surface area contributed by atoms with Gasteiger partial charge in [-0.3, -0.25) is 0 Å². The summed E-state index contributed by atoms with van der Waals surface area (Å²) in [4.78, 5) is 14.3. The minimum atomic E-state index is -0.427. The van der Waals surface area contributed by atoms with Crippen molar-refractivity contribution in [2.45, 2.75) is 83.1 Å². The number of piperidine rings is 1. The van der Waals surface area contributed by atoms with E-state index in [1.54, 1.807) is 7.11 Å². The molecule has 0 bridgehead atoms. The highest BCUT2D eigenvalue weighted by molar-refractivity contribution is 5.68. The molecule has 2 aliphatic rings. The van der Waals surface area contributed by atoms with Gasteiger partial charge in [-0.05, 0) is 59.3 Å². The molecule has 1 N–H and O–H groups in total. The van der Waals surface area contributed by atoms with Gasteiger partial charge in [0.05, 0.1) is 6.10 Å². The maximum absolute atomic E-state index is 12.4. The number of amides is 1. The number of nitrogens with one attached hydrogen (secondary N) is 1.